The highest BCUT2D eigenvalue weighted by molar-refractivity contribution is 6.02. The summed E-state index contributed by atoms with van der Waals surface area (Å²) < 4.78 is 4.65. The fraction of sp³-hybridized carbons (Fsp3) is 0.800. The van der Waals surface area contributed by atoms with Gasteiger partial charge in [0.25, 0.3) is 5.91 Å². The van der Waals surface area contributed by atoms with Crippen LogP contribution in [0.5, 0.6) is 0 Å². The van der Waals surface area contributed by atoms with Crippen LogP contribution in [0.1, 0.15) is 20.3 Å². The van der Waals surface area contributed by atoms with Crippen LogP contribution in [0.4, 0.5) is 0 Å². The lowest BCUT2D eigenvalue weighted by atomic mass is 9.91. The third-order valence-electron chi connectivity index (χ3n) is 2.75. The molecule has 0 bridgehead atoms. The lowest BCUT2D eigenvalue weighted by Gasteiger charge is -2.46. The molecule has 0 aromatic carbocycles. The second-order valence-electron chi connectivity index (χ2n) is 4.00. The minimum Gasteiger partial charge on any atom is -0.464 e. The zero-order chi connectivity index (χ0) is 12.3. The Kier molecular flexibility index (Phi) is 3.88. The number of amides is 1. The Labute approximate surface area is 94.3 Å². The zero-order valence-electron chi connectivity index (χ0n) is 9.60. The number of ether oxygens (including phenoxy) is 1. The number of rotatable bonds is 4. The molecule has 1 saturated heterocycles. The van der Waals surface area contributed by atoms with E-state index >= 15 is 0 Å². The highest BCUT2D eigenvalue weighted by atomic mass is 16.5. The Bertz CT molecular complexity index is 287. The molecule has 92 valence electrons. The standard InChI is InChI=1S/C10H18N2O4/c1-3-10(15)5-12(6-10)8(13)7(11)9(14)16-4-2/h7,15H,3-6,11H2,1-2H3. The van der Waals surface area contributed by atoms with E-state index in [0.717, 1.165) is 0 Å². The van der Waals surface area contributed by atoms with Crippen LogP contribution in [0.15, 0.2) is 0 Å². The molecule has 3 N–H and O–H groups in total. The smallest absolute Gasteiger partial charge is 0.332 e. The molecule has 0 aliphatic carbocycles. The van der Waals surface area contributed by atoms with Crippen LogP contribution in [0.2, 0.25) is 0 Å². The molecule has 1 fully saturated rings. The van der Waals surface area contributed by atoms with Crippen LogP contribution in [0.25, 0.3) is 0 Å². The van der Waals surface area contributed by atoms with Gasteiger partial charge in [-0.3, -0.25) is 4.79 Å². The van der Waals surface area contributed by atoms with Gasteiger partial charge in [0.1, 0.15) is 0 Å². The lowest BCUT2D eigenvalue weighted by Crippen LogP contribution is -2.66. The summed E-state index contributed by atoms with van der Waals surface area (Å²) in [6.07, 6.45) is 0.575. The van der Waals surface area contributed by atoms with E-state index in [0.29, 0.717) is 6.42 Å². The molecule has 1 amide bonds. The number of carbonyl (C=O) groups is 2. The molecule has 1 heterocycles. The summed E-state index contributed by atoms with van der Waals surface area (Å²) >= 11 is 0. The van der Waals surface area contributed by atoms with Crippen molar-refractivity contribution < 1.29 is 19.4 Å². The number of hydrogen-bond donors (Lipinski definition) is 2. The topological polar surface area (TPSA) is 92.9 Å². The van der Waals surface area contributed by atoms with Gasteiger partial charge in [0.05, 0.1) is 25.3 Å². The predicted octanol–water partition coefficient (Wildman–Crippen LogP) is -1.14. The molecule has 0 saturated carbocycles. The molecule has 1 aliphatic heterocycles. The Morgan fingerprint density at radius 1 is 1.50 bits per heavy atom. The van der Waals surface area contributed by atoms with Crippen molar-refractivity contribution in [3.8, 4) is 0 Å². The molecule has 6 nitrogen and oxygen atoms in total. The fourth-order valence-corrected chi connectivity index (χ4v) is 1.57. The first kappa shape index (κ1) is 12.9. The maximum absolute atomic E-state index is 11.6. The van der Waals surface area contributed by atoms with Crippen molar-refractivity contribution in [2.45, 2.75) is 31.9 Å². The molecule has 1 rings (SSSR count). The van der Waals surface area contributed by atoms with Gasteiger partial charge in [-0.2, -0.15) is 0 Å². The number of aliphatic hydroxyl groups is 1. The van der Waals surface area contributed by atoms with E-state index in [9.17, 15) is 14.7 Å². The Morgan fingerprint density at radius 3 is 2.50 bits per heavy atom. The highest BCUT2D eigenvalue weighted by Gasteiger charge is 2.44. The summed E-state index contributed by atoms with van der Waals surface area (Å²) in [6, 6.07) is -1.28. The molecule has 0 aromatic rings. The molecule has 6 heteroatoms. The van der Waals surface area contributed by atoms with Gasteiger partial charge in [-0.15, -0.1) is 0 Å². The summed E-state index contributed by atoms with van der Waals surface area (Å²) in [5, 5.41) is 9.71. The van der Waals surface area contributed by atoms with Crippen molar-refractivity contribution in [2.24, 2.45) is 5.73 Å². The largest absolute Gasteiger partial charge is 0.464 e. The quantitative estimate of drug-likeness (QED) is 0.470. The first-order valence-electron chi connectivity index (χ1n) is 5.37. The van der Waals surface area contributed by atoms with Crippen LogP contribution in [0.3, 0.4) is 0 Å². The monoisotopic (exact) mass is 230 g/mol. The average Bonchev–Trinajstić information content (AvgIpc) is 2.23. The van der Waals surface area contributed by atoms with Crippen LogP contribution in [-0.2, 0) is 14.3 Å². The fourth-order valence-electron chi connectivity index (χ4n) is 1.57. The van der Waals surface area contributed by atoms with Gasteiger partial charge in [-0.1, -0.05) is 6.92 Å². The van der Waals surface area contributed by atoms with Crippen molar-refractivity contribution in [2.75, 3.05) is 19.7 Å². The van der Waals surface area contributed by atoms with Crippen molar-refractivity contribution in [1.29, 1.82) is 0 Å². The van der Waals surface area contributed by atoms with Gasteiger partial charge in [0.15, 0.2) is 6.04 Å². The molecule has 0 radical (unpaired) electrons. The van der Waals surface area contributed by atoms with Crippen LogP contribution >= 0.6 is 0 Å². The summed E-state index contributed by atoms with van der Waals surface area (Å²) in [5.74, 6) is -1.21. The van der Waals surface area contributed by atoms with E-state index in [1.807, 2.05) is 6.92 Å². The Hall–Kier alpha value is -1.14. The van der Waals surface area contributed by atoms with Gasteiger partial charge >= 0.3 is 5.97 Å². The summed E-state index contributed by atoms with van der Waals surface area (Å²) in [6.45, 7) is 4.14. The van der Waals surface area contributed by atoms with Crippen molar-refractivity contribution in [1.82, 2.24) is 4.90 Å². The van der Waals surface area contributed by atoms with Gasteiger partial charge in [0.2, 0.25) is 0 Å². The van der Waals surface area contributed by atoms with E-state index in [4.69, 9.17) is 5.73 Å². The number of likely N-dealkylation sites (tertiary alicyclic amines) is 1. The van der Waals surface area contributed by atoms with Gasteiger partial charge in [-0.25, -0.2) is 4.79 Å². The van der Waals surface area contributed by atoms with Crippen LogP contribution < -0.4 is 5.73 Å². The first-order valence-corrected chi connectivity index (χ1v) is 5.37. The summed E-state index contributed by atoms with van der Waals surface area (Å²) in [7, 11) is 0. The number of nitrogens with zero attached hydrogens (tertiary/aromatic N) is 1. The Morgan fingerprint density at radius 2 is 2.06 bits per heavy atom. The maximum atomic E-state index is 11.6. The minimum atomic E-state index is -1.28. The molecule has 0 aromatic heterocycles. The molecule has 16 heavy (non-hydrogen) atoms. The number of β-amino-alcohol motifs (C(OH)–C–C–N with tert-alkyl or cyclic N) is 1. The van der Waals surface area contributed by atoms with E-state index in [2.05, 4.69) is 4.74 Å². The second kappa shape index (κ2) is 4.80. The number of esters is 1. The second-order valence-corrected chi connectivity index (χ2v) is 4.00. The van der Waals surface area contributed by atoms with Crippen molar-refractivity contribution in [3.63, 3.8) is 0 Å². The Balaban J connectivity index is 2.45. The number of carbonyl (C=O) groups excluding carboxylic acids is 2. The molecule has 1 aliphatic rings. The maximum Gasteiger partial charge on any atom is 0.332 e. The molecule has 1 atom stereocenters. The van der Waals surface area contributed by atoms with E-state index < -0.39 is 23.5 Å². The summed E-state index contributed by atoms with van der Waals surface area (Å²) in [5.41, 5.74) is 4.62. The SMILES string of the molecule is CCOC(=O)C(N)C(=O)N1CC(O)(CC)C1. The van der Waals surface area contributed by atoms with Gasteiger partial charge in [0, 0.05) is 0 Å². The lowest BCUT2D eigenvalue weighted by molar-refractivity contribution is -0.163. The van der Waals surface area contributed by atoms with Crippen LogP contribution in [0, 0.1) is 0 Å². The van der Waals surface area contributed by atoms with E-state index in [1.165, 1.54) is 4.90 Å². The predicted molar refractivity (Wildman–Crippen MR) is 56.4 cm³/mol. The number of hydrogen-bond acceptors (Lipinski definition) is 5. The normalized spacial score (nSPS) is 19.9. The van der Waals surface area contributed by atoms with E-state index in [-0.39, 0.29) is 19.7 Å². The van der Waals surface area contributed by atoms with E-state index in [1.54, 1.807) is 6.92 Å². The zero-order valence-corrected chi connectivity index (χ0v) is 9.60. The molecular weight excluding hydrogens is 212 g/mol. The van der Waals surface area contributed by atoms with Crippen molar-refractivity contribution >= 4 is 11.9 Å². The van der Waals surface area contributed by atoms with Crippen molar-refractivity contribution in [3.05, 3.63) is 0 Å². The highest BCUT2D eigenvalue weighted by Crippen LogP contribution is 2.24. The van der Waals surface area contributed by atoms with Gasteiger partial charge in [-0.05, 0) is 13.3 Å². The molecule has 1 unspecified atom stereocenters. The number of nitrogens with two attached hydrogens (primary N) is 1. The third kappa shape index (κ3) is 2.51. The average molecular weight is 230 g/mol. The van der Waals surface area contributed by atoms with Gasteiger partial charge < -0.3 is 20.5 Å². The molecule has 0 spiro atoms. The third-order valence-corrected chi connectivity index (χ3v) is 2.75. The molecular formula is C10H18N2O4. The van der Waals surface area contributed by atoms with Crippen LogP contribution in [-0.4, -0.2) is 53.2 Å². The minimum absolute atomic E-state index is 0.193. The summed E-state index contributed by atoms with van der Waals surface area (Å²) in [4.78, 5) is 24.2. The first-order chi connectivity index (χ1) is 7.43.